The Balaban J connectivity index is 1.49. The SMILES string of the molecule is O=C(Cc1ccc(Cl)cc1)NNC(=O)C1COc2ccccc2C1. The van der Waals surface area contributed by atoms with E-state index in [-0.39, 0.29) is 24.2 Å². The first kappa shape index (κ1) is 16.3. The second-order valence-electron chi connectivity index (χ2n) is 5.66. The van der Waals surface area contributed by atoms with Crippen molar-refractivity contribution >= 4 is 23.4 Å². The van der Waals surface area contributed by atoms with E-state index in [2.05, 4.69) is 10.9 Å². The monoisotopic (exact) mass is 344 g/mol. The summed E-state index contributed by atoms with van der Waals surface area (Å²) in [6, 6.07) is 14.6. The molecule has 0 spiro atoms. The van der Waals surface area contributed by atoms with E-state index in [1.165, 1.54) is 0 Å². The van der Waals surface area contributed by atoms with Crippen molar-refractivity contribution in [3.8, 4) is 5.75 Å². The van der Waals surface area contributed by atoms with Crippen molar-refractivity contribution in [2.24, 2.45) is 5.92 Å². The second-order valence-corrected chi connectivity index (χ2v) is 6.10. The number of nitrogens with one attached hydrogen (secondary N) is 2. The van der Waals surface area contributed by atoms with E-state index in [1.807, 2.05) is 24.3 Å². The summed E-state index contributed by atoms with van der Waals surface area (Å²) < 4.78 is 5.58. The number of benzene rings is 2. The number of ether oxygens (including phenoxy) is 1. The summed E-state index contributed by atoms with van der Waals surface area (Å²) in [6.45, 7) is 0.301. The average molecular weight is 345 g/mol. The maximum Gasteiger partial charge on any atom is 0.245 e. The average Bonchev–Trinajstić information content (AvgIpc) is 2.61. The van der Waals surface area contributed by atoms with E-state index in [9.17, 15) is 9.59 Å². The van der Waals surface area contributed by atoms with Crippen LogP contribution in [0.25, 0.3) is 0 Å². The van der Waals surface area contributed by atoms with E-state index in [0.717, 1.165) is 16.9 Å². The molecule has 1 aliphatic rings. The molecule has 24 heavy (non-hydrogen) atoms. The van der Waals surface area contributed by atoms with Gasteiger partial charge < -0.3 is 4.74 Å². The zero-order valence-corrected chi connectivity index (χ0v) is 13.7. The zero-order chi connectivity index (χ0) is 16.9. The van der Waals surface area contributed by atoms with Crippen LogP contribution >= 0.6 is 11.6 Å². The molecule has 2 amide bonds. The molecule has 0 fully saturated rings. The van der Waals surface area contributed by atoms with E-state index < -0.39 is 0 Å². The van der Waals surface area contributed by atoms with E-state index in [0.29, 0.717) is 18.1 Å². The highest BCUT2D eigenvalue weighted by Crippen LogP contribution is 2.26. The third kappa shape index (κ3) is 4.06. The lowest BCUT2D eigenvalue weighted by molar-refractivity contribution is -0.131. The lowest BCUT2D eigenvalue weighted by atomic mass is 9.96. The van der Waals surface area contributed by atoms with Crippen molar-refractivity contribution in [3.63, 3.8) is 0 Å². The van der Waals surface area contributed by atoms with Gasteiger partial charge >= 0.3 is 0 Å². The van der Waals surface area contributed by atoms with Gasteiger partial charge in [-0.3, -0.25) is 20.4 Å². The standard InChI is InChI=1S/C18H17ClN2O3/c19-15-7-5-12(6-8-15)9-17(22)20-21-18(23)14-10-13-3-1-2-4-16(13)24-11-14/h1-8,14H,9-11H2,(H,20,22)(H,21,23). The number of rotatable bonds is 3. The van der Waals surface area contributed by atoms with Crippen LogP contribution in [-0.2, 0) is 22.4 Å². The van der Waals surface area contributed by atoms with Crippen LogP contribution in [0.3, 0.4) is 0 Å². The van der Waals surface area contributed by atoms with Crippen molar-refractivity contribution in [1.29, 1.82) is 0 Å². The molecule has 0 saturated heterocycles. The molecule has 2 aromatic rings. The number of hydrogen-bond acceptors (Lipinski definition) is 3. The number of carbonyl (C=O) groups excluding carboxylic acids is 2. The molecule has 124 valence electrons. The Labute approximate surface area is 144 Å². The van der Waals surface area contributed by atoms with Crippen molar-refractivity contribution in [2.45, 2.75) is 12.8 Å². The second kappa shape index (κ2) is 7.36. The molecule has 2 N–H and O–H groups in total. The molecule has 1 aliphatic heterocycles. The van der Waals surface area contributed by atoms with Crippen molar-refractivity contribution < 1.29 is 14.3 Å². The van der Waals surface area contributed by atoms with Crippen LogP contribution in [0.2, 0.25) is 5.02 Å². The van der Waals surface area contributed by atoms with Gasteiger partial charge in [0.2, 0.25) is 11.8 Å². The highest BCUT2D eigenvalue weighted by atomic mass is 35.5. The van der Waals surface area contributed by atoms with Crippen LogP contribution in [0.4, 0.5) is 0 Å². The molecule has 5 nitrogen and oxygen atoms in total. The van der Waals surface area contributed by atoms with Crippen LogP contribution in [0.5, 0.6) is 5.75 Å². The van der Waals surface area contributed by atoms with Crippen LogP contribution in [0.1, 0.15) is 11.1 Å². The Morgan fingerprint density at radius 3 is 2.62 bits per heavy atom. The predicted molar refractivity (Wildman–Crippen MR) is 90.6 cm³/mol. The van der Waals surface area contributed by atoms with Gasteiger partial charge in [0, 0.05) is 5.02 Å². The number of carbonyl (C=O) groups is 2. The Hall–Kier alpha value is -2.53. The van der Waals surface area contributed by atoms with Gasteiger partial charge in [-0.25, -0.2) is 0 Å². The number of halogens is 1. The molecule has 1 heterocycles. The summed E-state index contributed by atoms with van der Waals surface area (Å²) in [5.41, 5.74) is 6.73. The highest BCUT2D eigenvalue weighted by molar-refractivity contribution is 6.30. The number of hydrazine groups is 1. The van der Waals surface area contributed by atoms with Gasteiger partial charge in [0.15, 0.2) is 0 Å². The fourth-order valence-corrected chi connectivity index (χ4v) is 2.69. The molecule has 6 heteroatoms. The van der Waals surface area contributed by atoms with Gasteiger partial charge in [-0.2, -0.15) is 0 Å². The Morgan fingerprint density at radius 1 is 1.08 bits per heavy atom. The van der Waals surface area contributed by atoms with Gasteiger partial charge in [0.05, 0.1) is 12.3 Å². The van der Waals surface area contributed by atoms with Gasteiger partial charge in [-0.05, 0) is 35.7 Å². The van der Waals surface area contributed by atoms with Gasteiger partial charge in [-0.15, -0.1) is 0 Å². The van der Waals surface area contributed by atoms with Crippen molar-refractivity contribution in [1.82, 2.24) is 10.9 Å². The van der Waals surface area contributed by atoms with E-state index >= 15 is 0 Å². The molecule has 1 unspecified atom stereocenters. The molecule has 0 radical (unpaired) electrons. The topological polar surface area (TPSA) is 67.4 Å². The largest absolute Gasteiger partial charge is 0.492 e. The first-order chi connectivity index (χ1) is 11.6. The zero-order valence-electron chi connectivity index (χ0n) is 12.9. The molecule has 0 aliphatic carbocycles. The van der Waals surface area contributed by atoms with Gasteiger partial charge in [0.1, 0.15) is 12.4 Å². The third-order valence-corrected chi connectivity index (χ3v) is 4.10. The molecule has 0 aromatic heterocycles. The molecule has 1 atom stereocenters. The minimum absolute atomic E-state index is 0.168. The van der Waals surface area contributed by atoms with Gasteiger partial charge in [0.25, 0.3) is 0 Å². The van der Waals surface area contributed by atoms with E-state index in [1.54, 1.807) is 24.3 Å². The summed E-state index contributed by atoms with van der Waals surface area (Å²) in [5.74, 6) is -0.0548. The number of fused-ring (bicyclic) bond motifs is 1. The summed E-state index contributed by atoms with van der Waals surface area (Å²) >= 11 is 5.80. The van der Waals surface area contributed by atoms with Crippen LogP contribution in [0.15, 0.2) is 48.5 Å². The Kier molecular flexibility index (Phi) is 5.01. The number of amides is 2. The minimum Gasteiger partial charge on any atom is -0.492 e. The lowest BCUT2D eigenvalue weighted by Crippen LogP contribution is -2.47. The third-order valence-electron chi connectivity index (χ3n) is 3.85. The molecule has 0 bridgehead atoms. The molecular formula is C18H17ClN2O3. The fourth-order valence-electron chi connectivity index (χ4n) is 2.56. The Morgan fingerprint density at radius 2 is 1.83 bits per heavy atom. The minimum atomic E-state index is -0.323. The summed E-state index contributed by atoms with van der Waals surface area (Å²) in [6.07, 6.45) is 0.760. The smallest absolute Gasteiger partial charge is 0.245 e. The summed E-state index contributed by atoms with van der Waals surface area (Å²) in [7, 11) is 0. The number of hydrogen-bond donors (Lipinski definition) is 2. The lowest BCUT2D eigenvalue weighted by Gasteiger charge is -2.24. The maximum atomic E-state index is 12.2. The van der Waals surface area contributed by atoms with Crippen molar-refractivity contribution in [2.75, 3.05) is 6.61 Å². The summed E-state index contributed by atoms with van der Waals surface area (Å²) in [4.78, 5) is 24.1. The fraction of sp³-hybridized carbons (Fsp3) is 0.222. The normalized spacial score (nSPS) is 15.8. The highest BCUT2D eigenvalue weighted by Gasteiger charge is 2.25. The first-order valence-electron chi connectivity index (χ1n) is 7.65. The van der Waals surface area contributed by atoms with Gasteiger partial charge in [-0.1, -0.05) is 41.9 Å². The van der Waals surface area contributed by atoms with Crippen LogP contribution in [-0.4, -0.2) is 18.4 Å². The maximum absolute atomic E-state index is 12.2. The van der Waals surface area contributed by atoms with E-state index in [4.69, 9.17) is 16.3 Å². The predicted octanol–water partition coefficient (Wildman–Crippen LogP) is 2.28. The molecule has 0 saturated carbocycles. The first-order valence-corrected chi connectivity index (χ1v) is 8.03. The summed E-state index contributed by atoms with van der Waals surface area (Å²) in [5, 5.41) is 0.616. The molecule has 3 rings (SSSR count). The van der Waals surface area contributed by atoms with Crippen LogP contribution in [0, 0.1) is 5.92 Å². The van der Waals surface area contributed by atoms with Crippen molar-refractivity contribution in [3.05, 3.63) is 64.7 Å². The quantitative estimate of drug-likeness (QED) is 0.839. The Bertz CT molecular complexity index is 746. The van der Waals surface area contributed by atoms with Crippen LogP contribution < -0.4 is 15.6 Å². The molecular weight excluding hydrogens is 328 g/mol. The molecule has 2 aromatic carbocycles. The number of para-hydroxylation sites is 1.